The molecule has 4 N–H and O–H groups in total. The summed E-state index contributed by atoms with van der Waals surface area (Å²) in [4.78, 5) is 11.8. The average Bonchev–Trinajstić information content (AvgIpc) is 2.95. The first-order chi connectivity index (χ1) is 8.13. The van der Waals surface area contributed by atoms with Gasteiger partial charge in [0.05, 0.1) is 11.7 Å². The van der Waals surface area contributed by atoms with Crippen molar-refractivity contribution in [1.29, 1.82) is 0 Å². The van der Waals surface area contributed by atoms with Crippen molar-refractivity contribution >= 4 is 5.91 Å². The summed E-state index contributed by atoms with van der Waals surface area (Å²) in [5.74, 6) is -0.110. The molecule has 1 amide bonds. The molecule has 1 heterocycles. The van der Waals surface area contributed by atoms with E-state index in [1.165, 1.54) is 0 Å². The van der Waals surface area contributed by atoms with Gasteiger partial charge in [-0.05, 0) is 25.7 Å². The lowest BCUT2D eigenvalue weighted by molar-refractivity contribution is -0.133. The van der Waals surface area contributed by atoms with Crippen LogP contribution in [0.2, 0.25) is 0 Å². The molecule has 5 heteroatoms. The van der Waals surface area contributed by atoms with Crippen LogP contribution in [0.5, 0.6) is 0 Å². The van der Waals surface area contributed by atoms with E-state index < -0.39 is 5.60 Å². The summed E-state index contributed by atoms with van der Waals surface area (Å²) in [6.45, 7) is 0.812. The van der Waals surface area contributed by atoms with Gasteiger partial charge in [-0.1, -0.05) is 12.8 Å². The van der Waals surface area contributed by atoms with Crippen molar-refractivity contribution in [1.82, 2.24) is 5.32 Å². The minimum atomic E-state index is -0.693. The maximum Gasteiger partial charge on any atom is 0.249 e. The number of nitrogens with one attached hydrogen (secondary N) is 1. The lowest BCUT2D eigenvalue weighted by Gasteiger charge is -2.23. The standard InChI is InChI=1S/C12H22N2O3/c13-7-9-3-4-10(17-9)11(15)14-8-12(16)5-1-2-6-12/h9-10,16H,1-8,13H2,(H,14,15). The molecule has 1 aliphatic carbocycles. The van der Waals surface area contributed by atoms with Crippen LogP contribution < -0.4 is 11.1 Å². The highest BCUT2D eigenvalue weighted by Gasteiger charge is 2.34. The van der Waals surface area contributed by atoms with Gasteiger partial charge in [-0.25, -0.2) is 0 Å². The fourth-order valence-corrected chi connectivity index (χ4v) is 2.65. The van der Waals surface area contributed by atoms with Crippen LogP contribution in [0, 0.1) is 0 Å². The molecule has 0 bridgehead atoms. The van der Waals surface area contributed by atoms with Gasteiger partial charge in [0.2, 0.25) is 5.91 Å². The Hall–Kier alpha value is -0.650. The van der Waals surface area contributed by atoms with E-state index in [0.29, 0.717) is 13.1 Å². The van der Waals surface area contributed by atoms with Gasteiger partial charge in [-0.3, -0.25) is 4.79 Å². The fourth-order valence-electron chi connectivity index (χ4n) is 2.65. The lowest BCUT2D eigenvalue weighted by atomic mass is 10.0. The van der Waals surface area contributed by atoms with Crippen molar-refractivity contribution in [3.8, 4) is 0 Å². The van der Waals surface area contributed by atoms with E-state index in [-0.39, 0.29) is 18.1 Å². The summed E-state index contributed by atoms with van der Waals surface area (Å²) in [5, 5.41) is 12.9. The quantitative estimate of drug-likeness (QED) is 0.643. The molecule has 17 heavy (non-hydrogen) atoms. The normalized spacial score (nSPS) is 31.6. The van der Waals surface area contributed by atoms with Crippen molar-refractivity contribution in [2.45, 2.75) is 56.3 Å². The number of amides is 1. The number of hydrogen-bond donors (Lipinski definition) is 3. The predicted octanol–water partition coefficient (Wildman–Crippen LogP) is -0.0860. The monoisotopic (exact) mass is 242 g/mol. The number of hydrogen-bond acceptors (Lipinski definition) is 4. The number of nitrogens with two attached hydrogens (primary N) is 1. The molecular weight excluding hydrogens is 220 g/mol. The molecule has 2 rings (SSSR count). The Morgan fingerprint density at radius 3 is 2.71 bits per heavy atom. The highest BCUT2D eigenvalue weighted by atomic mass is 16.5. The van der Waals surface area contributed by atoms with Crippen molar-refractivity contribution in [3.63, 3.8) is 0 Å². The van der Waals surface area contributed by atoms with Crippen LogP contribution in [0.3, 0.4) is 0 Å². The number of carbonyl (C=O) groups is 1. The molecular formula is C12H22N2O3. The van der Waals surface area contributed by atoms with Crippen LogP contribution in [0.25, 0.3) is 0 Å². The maximum absolute atomic E-state index is 11.8. The van der Waals surface area contributed by atoms with Gasteiger partial charge in [0, 0.05) is 13.1 Å². The van der Waals surface area contributed by atoms with E-state index in [2.05, 4.69) is 5.32 Å². The Kier molecular flexibility index (Phi) is 4.01. The van der Waals surface area contributed by atoms with Crippen molar-refractivity contribution < 1.29 is 14.6 Å². The van der Waals surface area contributed by atoms with Crippen LogP contribution >= 0.6 is 0 Å². The molecule has 0 aromatic carbocycles. The predicted molar refractivity (Wildman–Crippen MR) is 63.4 cm³/mol. The Morgan fingerprint density at radius 1 is 1.41 bits per heavy atom. The Morgan fingerprint density at radius 2 is 2.12 bits per heavy atom. The van der Waals surface area contributed by atoms with E-state index >= 15 is 0 Å². The molecule has 1 aliphatic heterocycles. The summed E-state index contributed by atoms with van der Waals surface area (Å²) >= 11 is 0. The van der Waals surface area contributed by atoms with E-state index in [1.807, 2.05) is 0 Å². The second kappa shape index (κ2) is 5.33. The molecule has 2 fully saturated rings. The van der Waals surface area contributed by atoms with Gasteiger partial charge in [-0.15, -0.1) is 0 Å². The Labute approximate surface area is 102 Å². The van der Waals surface area contributed by atoms with Crippen molar-refractivity contribution in [2.75, 3.05) is 13.1 Å². The zero-order valence-electron chi connectivity index (χ0n) is 10.2. The van der Waals surface area contributed by atoms with Gasteiger partial charge in [0.1, 0.15) is 6.10 Å². The van der Waals surface area contributed by atoms with Gasteiger partial charge in [0.25, 0.3) is 0 Å². The average molecular weight is 242 g/mol. The molecule has 2 atom stereocenters. The third kappa shape index (κ3) is 3.18. The molecule has 2 aliphatic rings. The minimum Gasteiger partial charge on any atom is -0.388 e. The Balaban J connectivity index is 1.74. The SMILES string of the molecule is NCC1CCC(C(=O)NCC2(O)CCCC2)O1. The van der Waals surface area contributed by atoms with Crippen LogP contribution in [0.4, 0.5) is 0 Å². The van der Waals surface area contributed by atoms with E-state index in [1.54, 1.807) is 0 Å². The smallest absolute Gasteiger partial charge is 0.249 e. The molecule has 0 aromatic heterocycles. The van der Waals surface area contributed by atoms with Crippen LogP contribution in [0.15, 0.2) is 0 Å². The molecule has 5 nitrogen and oxygen atoms in total. The third-order valence-electron chi connectivity index (χ3n) is 3.79. The summed E-state index contributed by atoms with van der Waals surface area (Å²) in [7, 11) is 0. The molecule has 1 saturated carbocycles. The van der Waals surface area contributed by atoms with Crippen molar-refractivity contribution in [2.24, 2.45) is 5.73 Å². The van der Waals surface area contributed by atoms with Gasteiger partial charge >= 0.3 is 0 Å². The van der Waals surface area contributed by atoms with Crippen molar-refractivity contribution in [3.05, 3.63) is 0 Å². The molecule has 0 radical (unpaired) electrons. The van der Waals surface area contributed by atoms with Crippen LogP contribution in [-0.4, -0.2) is 41.9 Å². The van der Waals surface area contributed by atoms with Crippen LogP contribution in [-0.2, 0) is 9.53 Å². The molecule has 0 aromatic rings. The highest BCUT2D eigenvalue weighted by Crippen LogP contribution is 2.28. The first-order valence-electron chi connectivity index (χ1n) is 6.49. The van der Waals surface area contributed by atoms with Gasteiger partial charge < -0.3 is 20.9 Å². The maximum atomic E-state index is 11.8. The molecule has 0 spiro atoms. The molecule has 1 saturated heterocycles. The summed E-state index contributed by atoms with van der Waals surface area (Å²) in [5.41, 5.74) is 4.80. The number of ether oxygens (including phenoxy) is 1. The summed E-state index contributed by atoms with van der Waals surface area (Å²) < 4.78 is 5.50. The third-order valence-corrected chi connectivity index (χ3v) is 3.79. The number of rotatable bonds is 4. The number of carbonyl (C=O) groups excluding carboxylic acids is 1. The number of aliphatic hydroxyl groups is 1. The Bertz CT molecular complexity index is 277. The topological polar surface area (TPSA) is 84.6 Å². The zero-order valence-corrected chi connectivity index (χ0v) is 10.2. The second-order valence-electron chi connectivity index (χ2n) is 5.21. The highest BCUT2D eigenvalue weighted by molar-refractivity contribution is 5.81. The first kappa shape index (κ1) is 12.8. The zero-order chi connectivity index (χ0) is 12.3. The lowest BCUT2D eigenvalue weighted by Crippen LogP contribution is -2.44. The van der Waals surface area contributed by atoms with Gasteiger partial charge in [-0.2, -0.15) is 0 Å². The van der Waals surface area contributed by atoms with E-state index in [9.17, 15) is 9.90 Å². The first-order valence-corrected chi connectivity index (χ1v) is 6.49. The van der Waals surface area contributed by atoms with E-state index in [0.717, 1.165) is 38.5 Å². The minimum absolute atomic E-state index is 0.0142. The molecule has 2 unspecified atom stereocenters. The molecule has 98 valence electrons. The van der Waals surface area contributed by atoms with E-state index in [4.69, 9.17) is 10.5 Å². The second-order valence-corrected chi connectivity index (χ2v) is 5.21. The fraction of sp³-hybridized carbons (Fsp3) is 0.917. The summed E-state index contributed by atoms with van der Waals surface area (Å²) in [6, 6.07) is 0. The van der Waals surface area contributed by atoms with Crippen LogP contribution in [0.1, 0.15) is 38.5 Å². The van der Waals surface area contributed by atoms with Gasteiger partial charge in [0.15, 0.2) is 0 Å². The largest absolute Gasteiger partial charge is 0.388 e. The summed E-state index contributed by atoms with van der Waals surface area (Å²) in [6.07, 6.45) is 4.86.